The Morgan fingerprint density at radius 2 is 1.90 bits per heavy atom. The number of imidazole rings is 1. The van der Waals surface area contributed by atoms with Crippen molar-refractivity contribution in [1.82, 2.24) is 29.3 Å². The molecule has 2 N–H and O–H groups in total. The largest absolute Gasteiger partial charge is 0.367 e. The molecule has 1 atom stereocenters. The maximum Gasteiger partial charge on any atom is 0.246 e. The fourth-order valence-electron chi connectivity index (χ4n) is 5.67. The zero-order valence-corrected chi connectivity index (χ0v) is 23.8. The third-order valence-corrected chi connectivity index (χ3v) is 8.05. The second-order valence-corrected chi connectivity index (χ2v) is 10.9. The Morgan fingerprint density at radius 1 is 1.10 bits per heavy atom. The van der Waals surface area contributed by atoms with Gasteiger partial charge in [-0.2, -0.15) is 9.97 Å². The first kappa shape index (κ1) is 27.6. The Morgan fingerprint density at radius 3 is 2.67 bits per heavy atom. The van der Waals surface area contributed by atoms with Crippen molar-refractivity contribution in [3.8, 4) is 0 Å². The highest BCUT2D eigenvalue weighted by Gasteiger charge is 2.26. The van der Waals surface area contributed by atoms with Gasteiger partial charge in [-0.25, -0.2) is 9.37 Å². The number of piperidine rings is 1. The van der Waals surface area contributed by atoms with E-state index in [0.29, 0.717) is 53.9 Å². The SMILES string of the molecule is C=CC(=O)N1CCCC(n2cnc3c(NCc4ccccc4)nc(Nc4ccc(N5CCN(C)CC5)c(F)c4)nc32)C1. The molecule has 10 nitrogen and oxygen atoms in total. The number of hydrogen-bond acceptors (Lipinski definition) is 8. The maximum atomic E-state index is 15.3. The Labute approximate surface area is 244 Å². The summed E-state index contributed by atoms with van der Waals surface area (Å²) in [5, 5.41) is 6.64. The van der Waals surface area contributed by atoms with E-state index in [9.17, 15) is 4.79 Å². The number of rotatable bonds is 8. The van der Waals surface area contributed by atoms with Gasteiger partial charge in [0, 0.05) is 51.5 Å². The molecule has 2 saturated heterocycles. The Kier molecular flexibility index (Phi) is 8.00. The Bertz CT molecular complexity index is 1570. The van der Waals surface area contributed by atoms with E-state index in [-0.39, 0.29) is 17.8 Å². The van der Waals surface area contributed by atoms with Crippen molar-refractivity contribution < 1.29 is 9.18 Å². The maximum absolute atomic E-state index is 15.3. The van der Waals surface area contributed by atoms with Gasteiger partial charge in [0.1, 0.15) is 5.82 Å². The minimum atomic E-state index is -0.285. The first-order valence-corrected chi connectivity index (χ1v) is 14.4. The van der Waals surface area contributed by atoms with Crippen molar-refractivity contribution in [2.75, 3.05) is 61.8 Å². The van der Waals surface area contributed by atoms with Crippen LogP contribution in [0.15, 0.2) is 67.5 Å². The summed E-state index contributed by atoms with van der Waals surface area (Å²) in [5.74, 6) is 0.552. The average Bonchev–Trinajstić information content (AvgIpc) is 3.45. The molecule has 2 aromatic carbocycles. The number of hydrogen-bond donors (Lipinski definition) is 2. The van der Waals surface area contributed by atoms with Crippen molar-refractivity contribution in [3.63, 3.8) is 0 Å². The number of nitrogens with zero attached hydrogens (tertiary/aromatic N) is 7. The minimum Gasteiger partial charge on any atom is -0.367 e. The van der Waals surface area contributed by atoms with Crippen LogP contribution < -0.4 is 15.5 Å². The van der Waals surface area contributed by atoms with E-state index < -0.39 is 0 Å². The monoisotopic (exact) mass is 569 g/mol. The second-order valence-electron chi connectivity index (χ2n) is 10.9. The molecular weight excluding hydrogens is 533 g/mol. The highest BCUT2D eigenvalue weighted by atomic mass is 19.1. The van der Waals surface area contributed by atoms with E-state index >= 15 is 4.39 Å². The highest BCUT2D eigenvalue weighted by molar-refractivity contribution is 5.87. The van der Waals surface area contributed by atoms with Crippen molar-refractivity contribution >= 4 is 40.2 Å². The van der Waals surface area contributed by atoms with Gasteiger partial charge in [-0.1, -0.05) is 36.9 Å². The van der Waals surface area contributed by atoms with Gasteiger partial charge in [0.15, 0.2) is 17.0 Å². The van der Waals surface area contributed by atoms with Gasteiger partial charge in [0.05, 0.1) is 18.1 Å². The lowest BCUT2D eigenvalue weighted by atomic mass is 10.1. The van der Waals surface area contributed by atoms with Crippen molar-refractivity contribution in [1.29, 1.82) is 0 Å². The molecule has 2 aromatic heterocycles. The van der Waals surface area contributed by atoms with Crippen LogP contribution in [0.5, 0.6) is 0 Å². The average molecular weight is 570 g/mol. The van der Waals surface area contributed by atoms with Crippen LogP contribution in [0, 0.1) is 5.82 Å². The van der Waals surface area contributed by atoms with Crippen LogP contribution in [-0.2, 0) is 11.3 Å². The van der Waals surface area contributed by atoms with E-state index in [1.54, 1.807) is 6.33 Å². The predicted octanol–water partition coefficient (Wildman–Crippen LogP) is 4.42. The van der Waals surface area contributed by atoms with Crippen molar-refractivity contribution in [2.45, 2.75) is 25.4 Å². The molecule has 0 saturated carbocycles. The standard InChI is InChI=1S/C31H36FN9O/c1-3-27(42)40-13-7-10-24(20-40)41-21-34-28-29(33-19-22-8-5-4-6-9-22)36-31(37-30(28)41)35-23-11-12-26(25(32)18-23)39-16-14-38(2)15-17-39/h3-6,8-9,11-12,18,21,24H,1,7,10,13-17,19-20H2,2H3,(H2,33,35,36,37). The fourth-order valence-corrected chi connectivity index (χ4v) is 5.67. The van der Waals surface area contributed by atoms with Crippen LogP contribution in [-0.4, -0.2) is 81.5 Å². The predicted molar refractivity (Wildman–Crippen MR) is 164 cm³/mol. The number of likely N-dealkylation sites (tertiary alicyclic amines) is 1. The van der Waals surface area contributed by atoms with Crippen LogP contribution >= 0.6 is 0 Å². The number of anilines is 4. The lowest BCUT2D eigenvalue weighted by molar-refractivity contribution is -0.127. The van der Waals surface area contributed by atoms with E-state index in [1.807, 2.05) is 51.9 Å². The Hall–Kier alpha value is -4.51. The highest BCUT2D eigenvalue weighted by Crippen LogP contribution is 2.30. The van der Waals surface area contributed by atoms with E-state index in [1.165, 1.54) is 12.1 Å². The summed E-state index contributed by atoms with van der Waals surface area (Å²) in [4.78, 5) is 32.8. The normalized spacial score (nSPS) is 17.8. The van der Waals surface area contributed by atoms with Gasteiger partial charge in [-0.3, -0.25) is 4.79 Å². The molecule has 1 amide bonds. The lowest BCUT2D eigenvalue weighted by Gasteiger charge is -2.34. The van der Waals surface area contributed by atoms with E-state index in [2.05, 4.69) is 39.0 Å². The number of fused-ring (bicyclic) bond motifs is 1. The van der Waals surface area contributed by atoms with Gasteiger partial charge in [0.25, 0.3) is 0 Å². The molecule has 2 aliphatic rings. The number of carbonyl (C=O) groups is 1. The lowest BCUT2D eigenvalue weighted by Crippen LogP contribution is -2.44. The van der Waals surface area contributed by atoms with Crippen molar-refractivity contribution in [3.05, 3.63) is 78.9 Å². The van der Waals surface area contributed by atoms with E-state index in [0.717, 1.165) is 44.6 Å². The fraction of sp³-hybridized carbons (Fsp3) is 0.355. The Balaban J connectivity index is 1.31. The van der Waals surface area contributed by atoms with Gasteiger partial charge in [0.2, 0.25) is 11.9 Å². The van der Waals surface area contributed by atoms with Crippen LogP contribution in [0.3, 0.4) is 0 Å². The summed E-state index contributed by atoms with van der Waals surface area (Å²) in [5.41, 5.74) is 3.55. The molecule has 0 aliphatic carbocycles. The molecule has 1 unspecified atom stereocenters. The van der Waals surface area contributed by atoms with Crippen LogP contribution in [0.25, 0.3) is 11.2 Å². The van der Waals surface area contributed by atoms with Crippen molar-refractivity contribution in [2.24, 2.45) is 0 Å². The zero-order chi connectivity index (χ0) is 29.1. The summed E-state index contributed by atoms with van der Waals surface area (Å²) in [6, 6.07) is 15.2. The van der Waals surface area contributed by atoms with Gasteiger partial charge in [-0.15, -0.1) is 0 Å². The molecule has 0 radical (unpaired) electrons. The molecule has 4 heterocycles. The minimum absolute atomic E-state index is 0.0117. The molecule has 11 heteroatoms. The summed E-state index contributed by atoms with van der Waals surface area (Å²) in [7, 11) is 2.08. The number of nitrogens with one attached hydrogen (secondary N) is 2. The van der Waals surface area contributed by atoms with Crippen LogP contribution in [0.2, 0.25) is 0 Å². The summed E-state index contributed by atoms with van der Waals surface area (Å²) in [6.07, 6.45) is 4.90. The number of piperazine rings is 1. The number of halogens is 1. The van der Waals surface area contributed by atoms with Gasteiger partial charge < -0.3 is 29.9 Å². The number of carbonyl (C=O) groups excluding carboxylic acids is 1. The third-order valence-electron chi connectivity index (χ3n) is 8.05. The molecule has 2 aliphatic heterocycles. The number of likely N-dealkylation sites (N-methyl/N-ethyl adjacent to an activating group) is 1. The zero-order valence-electron chi connectivity index (χ0n) is 23.8. The molecule has 6 rings (SSSR count). The molecule has 42 heavy (non-hydrogen) atoms. The molecule has 2 fully saturated rings. The summed E-state index contributed by atoms with van der Waals surface area (Å²) < 4.78 is 17.3. The number of benzene rings is 2. The molecular formula is C31H36FN9O. The van der Waals surface area contributed by atoms with Gasteiger partial charge >= 0.3 is 0 Å². The topological polar surface area (TPSA) is 94.4 Å². The van der Waals surface area contributed by atoms with Crippen LogP contribution in [0.1, 0.15) is 24.4 Å². The number of amides is 1. The first-order valence-electron chi connectivity index (χ1n) is 14.4. The second kappa shape index (κ2) is 12.2. The first-order chi connectivity index (χ1) is 20.5. The molecule has 0 bridgehead atoms. The number of aromatic nitrogens is 4. The smallest absolute Gasteiger partial charge is 0.246 e. The molecule has 4 aromatic rings. The third kappa shape index (κ3) is 5.91. The van der Waals surface area contributed by atoms with E-state index in [4.69, 9.17) is 9.97 Å². The molecule has 218 valence electrons. The molecule has 0 spiro atoms. The van der Waals surface area contributed by atoms with Crippen LogP contribution in [0.4, 0.5) is 27.5 Å². The summed E-state index contributed by atoms with van der Waals surface area (Å²) >= 11 is 0. The quantitative estimate of drug-likeness (QED) is 0.301. The summed E-state index contributed by atoms with van der Waals surface area (Å²) in [6.45, 7) is 8.84. The van der Waals surface area contributed by atoms with Gasteiger partial charge in [-0.05, 0) is 49.7 Å².